The molecular weight excluding hydrogens is 262 g/mol. The molecule has 4 nitrogen and oxygen atoms in total. The third kappa shape index (κ3) is 4.23. The smallest absolute Gasteiger partial charge is 0.287 e. The summed E-state index contributed by atoms with van der Waals surface area (Å²) in [7, 11) is 0. The van der Waals surface area contributed by atoms with Crippen molar-refractivity contribution >= 4 is 17.3 Å². The molecule has 108 valence electrons. The second-order valence-corrected chi connectivity index (χ2v) is 6.86. The number of halogens is 1. The molecule has 0 aliphatic carbocycles. The van der Waals surface area contributed by atoms with Gasteiger partial charge in [-0.2, -0.15) is 5.10 Å². The molecule has 0 aliphatic rings. The van der Waals surface area contributed by atoms with Crippen LogP contribution in [0, 0.1) is 11.3 Å². The highest BCUT2D eigenvalue weighted by atomic mass is 35.5. The molecule has 1 aromatic heterocycles. The summed E-state index contributed by atoms with van der Waals surface area (Å²) in [5.74, 6) is 0.355. The van der Waals surface area contributed by atoms with E-state index < -0.39 is 0 Å². The Morgan fingerprint density at radius 1 is 1.37 bits per heavy atom. The van der Waals surface area contributed by atoms with Gasteiger partial charge < -0.3 is 5.32 Å². The number of aromatic nitrogens is 2. The largest absolute Gasteiger partial charge is 0.379 e. The minimum absolute atomic E-state index is 0.0795. The zero-order chi connectivity index (χ0) is 14.8. The molecule has 1 aromatic rings. The van der Waals surface area contributed by atoms with Gasteiger partial charge in [-0.15, -0.1) is 0 Å². The van der Waals surface area contributed by atoms with E-state index in [1.54, 1.807) is 6.20 Å². The van der Waals surface area contributed by atoms with Gasteiger partial charge in [-0.25, -0.2) is 4.68 Å². The fourth-order valence-corrected chi connectivity index (χ4v) is 1.69. The van der Waals surface area contributed by atoms with Crippen molar-refractivity contribution in [2.45, 2.75) is 54.1 Å². The average molecular weight is 286 g/mol. The van der Waals surface area contributed by atoms with Crippen LogP contribution in [0.1, 0.15) is 41.5 Å². The maximum Gasteiger partial charge on any atom is 0.287 e. The second kappa shape index (κ2) is 5.95. The summed E-state index contributed by atoms with van der Waals surface area (Å²) in [6.07, 6.45) is 1.63. The van der Waals surface area contributed by atoms with Crippen molar-refractivity contribution in [1.29, 1.82) is 0 Å². The topological polar surface area (TPSA) is 46.9 Å². The molecule has 1 N–H and O–H groups in total. The zero-order valence-electron chi connectivity index (χ0n) is 12.6. The first-order valence-corrected chi connectivity index (χ1v) is 7.03. The van der Waals surface area contributed by atoms with Crippen LogP contribution in [-0.4, -0.2) is 15.8 Å². The fourth-order valence-electron chi connectivity index (χ4n) is 1.49. The van der Waals surface area contributed by atoms with Gasteiger partial charge in [0.2, 0.25) is 0 Å². The minimum atomic E-state index is -0.235. The molecule has 0 fully saturated rings. The van der Waals surface area contributed by atoms with Crippen molar-refractivity contribution in [1.82, 2.24) is 9.78 Å². The van der Waals surface area contributed by atoms with E-state index in [9.17, 15) is 4.79 Å². The quantitative estimate of drug-likeness (QED) is 0.922. The highest BCUT2D eigenvalue weighted by Crippen LogP contribution is 2.24. The van der Waals surface area contributed by atoms with Gasteiger partial charge >= 0.3 is 0 Å². The summed E-state index contributed by atoms with van der Waals surface area (Å²) in [6, 6.07) is 0.187. The minimum Gasteiger partial charge on any atom is -0.379 e. The van der Waals surface area contributed by atoms with Crippen LogP contribution in [0.3, 0.4) is 0 Å². The molecule has 0 radical (unpaired) electrons. The van der Waals surface area contributed by atoms with Crippen molar-refractivity contribution in [3.05, 3.63) is 21.6 Å². The molecule has 0 spiro atoms. The lowest BCUT2D eigenvalue weighted by Gasteiger charge is -2.29. The average Bonchev–Trinajstić information content (AvgIpc) is 2.26. The Kier molecular flexibility index (Phi) is 5.02. The Balaban J connectivity index is 3.00. The summed E-state index contributed by atoms with van der Waals surface area (Å²) >= 11 is 6.14. The van der Waals surface area contributed by atoms with E-state index in [0.717, 1.165) is 0 Å². The van der Waals surface area contributed by atoms with Gasteiger partial charge in [-0.3, -0.25) is 4.79 Å². The van der Waals surface area contributed by atoms with E-state index in [1.807, 2.05) is 13.8 Å². The van der Waals surface area contributed by atoms with Crippen LogP contribution < -0.4 is 10.9 Å². The number of hydrogen-bond acceptors (Lipinski definition) is 3. The lowest BCUT2D eigenvalue weighted by Crippen LogP contribution is -2.33. The standard InChI is InChI=1S/C14H24ClN3O/c1-9(2)8-18-13(19)12(15)11(7-16-18)17-10(3)14(4,5)6/h7,9-10,17H,8H2,1-6H3. The van der Waals surface area contributed by atoms with E-state index in [0.29, 0.717) is 18.2 Å². The van der Waals surface area contributed by atoms with Gasteiger partial charge in [0, 0.05) is 12.6 Å². The van der Waals surface area contributed by atoms with Gasteiger partial charge in [0.05, 0.1) is 11.9 Å². The number of nitrogens with one attached hydrogen (secondary N) is 1. The number of nitrogens with zero attached hydrogens (tertiary/aromatic N) is 2. The molecule has 0 bridgehead atoms. The van der Waals surface area contributed by atoms with Gasteiger partial charge in [-0.05, 0) is 18.3 Å². The Labute approximate surface area is 120 Å². The molecule has 0 amide bonds. The van der Waals surface area contributed by atoms with Crippen LogP contribution in [-0.2, 0) is 6.54 Å². The first kappa shape index (κ1) is 16.0. The van der Waals surface area contributed by atoms with Crippen molar-refractivity contribution in [3.8, 4) is 0 Å². The van der Waals surface area contributed by atoms with Crippen LogP contribution in [0.15, 0.2) is 11.0 Å². The van der Waals surface area contributed by atoms with Crippen molar-refractivity contribution in [2.24, 2.45) is 11.3 Å². The summed E-state index contributed by atoms with van der Waals surface area (Å²) < 4.78 is 1.42. The van der Waals surface area contributed by atoms with E-state index >= 15 is 0 Å². The second-order valence-electron chi connectivity index (χ2n) is 6.49. The first-order valence-electron chi connectivity index (χ1n) is 6.65. The van der Waals surface area contributed by atoms with Gasteiger partial charge in [0.25, 0.3) is 5.56 Å². The summed E-state index contributed by atoms with van der Waals surface area (Å²) in [6.45, 7) is 13.1. The monoisotopic (exact) mass is 285 g/mol. The Morgan fingerprint density at radius 3 is 2.42 bits per heavy atom. The Hall–Kier alpha value is -1.03. The number of hydrogen-bond donors (Lipinski definition) is 1. The SMILES string of the molecule is CC(C)Cn1ncc(NC(C)C(C)(C)C)c(Cl)c1=O. The van der Waals surface area contributed by atoms with Crippen LogP contribution in [0.4, 0.5) is 5.69 Å². The lowest BCUT2D eigenvalue weighted by atomic mass is 9.88. The Morgan fingerprint density at radius 2 is 1.95 bits per heavy atom. The third-order valence-corrected chi connectivity index (χ3v) is 3.56. The normalized spacial score (nSPS) is 13.7. The molecule has 1 unspecified atom stereocenters. The number of anilines is 1. The van der Waals surface area contributed by atoms with E-state index in [2.05, 4.69) is 38.1 Å². The lowest BCUT2D eigenvalue weighted by molar-refractivity contribution is 0.359. The molecule has 19 heavy (non-hydrogen) atoms. The maximum absolute atomic E-state index is 12.1. The highest BCUT2D eigenvalue weighted by molar-refractivity contribution is 6.32. The fraction of sp³-hybridized carbons (Fsp3) is 0.714. The number of rotatable bonds is 4. The molecule has 0 aliphatic heterocycles. The van der Waals surface area contributed by atoms with Gasteiger partial charge in [-0.1, -0.05) is 46.2 Å². The van der Waals surface area contributed by atoms with E-state index in [-0.39, 0.29) is 22.0 Å². The molecular formula is C14H24ClN3O. The molecule has 5 heteroatoms. The maximum atomic E-state index is 12.1. The van der Waals surface area contributed by atoms with Crippen molar-refractivity contribution in [3.63, 3.8) is 0 Å². The molecule has 0 saturated carbocycles. The van der Waals surface area contributed by atoms with Crippen LogP contribution >= 0.6 is 11.6 Å². The molecule has 0 saturated heterocycles. The zero-order valence-corrected chi connectivity index (χ0v) is 13.4. The predicted octanol–water partition coefficient (Wildman–Crippen LogP) is 3.40. The van der Waals surface area contributed by atoms with Crippen molar-refractivity contribution < 1.29 is 0 Å². The highest BCUT2D eigenvalue weighted by Gasteiger charge is 2.21. The molecule has 0 aromatic carbocycles. The Bertz CT molecular complexity index is 488. The molecule has 1 rings (SSSR count). The summed E-state index contributed by atoms with van der Waals surface area (Å²) in [4.78, 5) is 12.1. The van der Waals surface area contributed by atoms with Crippen LogP contribution in [0.2, 0.25) is 5.02 Å². The van der Waals surface area contributed by atoms with Gasteiger partial charge in [0.15, 0.2) is 0 Å². The molecule has 1 heterocycles. The van der Waals surface area contributed by atoms with Crippen molar-refractivity contribution in [2.75, 3.05) is 5.32 Å². The predicted molar refractivity (Wildman–Crippen MR) is 80.9 cm³/mol. The third-order valence-electron chi connectivity index (χ3n) is 3.19. The van der Waals surface area contributed by atoms with Crippen LogP contribution in [0.25, 0.3) is 0 Å². The molecule has 1 atom stereocenters. The first-order chi connectivity index (χ1) is 8.62. The van der Waals surface area contributed by atoms with Gasteiger partial charge in [0.1, 0.15) is 5.02 Å². The van der Waals surface area contributed by atoms with E-state index in [1.165, 1.54) is 4.68 Å². The van der Waals surface area contributed by atoms with E-state index in [4.69, 9.17) is 11.6 Å². The summed E-state index contributed by atoms with van der Waals surface area (Å²) in [5, 5.41) is 7.65. The summed E-state index contributed by atoms with van der Waals surface area (Å²) in [5.41, 5.74) is 0.450. The van der Waals surface area contributed by atoms with Crippen LogP contribution in [0.5, 0.6) is 0 Å².